The number of carbonyl (C=O) groups excluding carboxylic acids is 1. The summed E-state index contributed by atoms with van der Waals surface area (Å²) in [4.78, 5) is 15.5. The SMILES string of the molecule is CC(C#N)C(=O)NCC(C)c1nccs1. The maximum absolute atomic E-state index is 11.3. The Morgan fingerprint density at radius 2 is 2.47 bits per heavy atom. The van der Waals surface area contributed by atoms with Gasteiger partial charge in [-0.2, -0.15) is 5.26 Å². The molecule has 1 N–H and O–H groups in total. The van der Waals surface area contributed by atoms with Gasteiger partial charge in [-0.1, -0.05) is 6.92 Å². The largest absolute Gasteiger partial charge is 0.354 e. The topological polar surface area (TPSA) is 65.8 Å². The van der Waals surface area contributed by atoms with Crippen LogP contribution < -0.4 is 5.32 Å². The predicted octanol–water partition coefficient (Wildman–Crippen LogP) is 1.52. The number of carbonyl (C=O) groups is 1. The van der Waals surface area contributed by atoms with Crippen LogP contribution in [0.25, 0.3) is 0 Å². The third-order valence-corrected chi connectivity index (χ3v) is 3.05. The van der Waals surface area contributed by atoms with E-state index in [9.17, 15) is 4.79 Å². The highest BCUT2D eigenvalue weighted by molar-refractivity contribution is 7.09. The molecule has 80 valence electrons. The average Bonchev–Trinajstić information content (AvgIpc) is 2.77. The maximum Gasteiger partial charge on any atom is 0.237 e. The van der Waals surface area contributed by atoms with Gasteiger partial charge in [0, 0.05) is 24.0 Å². The Morgan fingerprint density at radius 1 is 1.73 bits per heavy atom. The maximum atomic E-state index is 11.3. The Hall–Kier alpha value is -1.41. The molecule has 0 bridgehead atoms. The van der Waals surface area contributed by atoms with E-state index in [0.717, 1.165) is 5.01 Å². The molecule has 0 radical (unpaired) electrons. The van der Waals surface area contributed by atoms with Crippen LogP contribution in [0.3, 0.4) is 0 Å². The highest BCUT2D eigenvalue weighted by Gasteiger charge is 2.14. The van der Waals surface area contributed by atoms with Crippen molar-refractivity contribution >= 4 is 17.2 Å². The Labute approximate surface area is 92.9 Å². The van der Waals surface area contributed by atoms with Crippen molar-refractivity contribution in [3.8, 4) is 6.07 Å². The lowest BCUT2D eigenvalue weighted by Gasteiger charge is -2.10. The van der Waals surface area contributed by atoms with Gasteiger partial charge in [0.2, 0.25) is 5.91 Å². The fraction of sp³-hybridized carbons (Fsp3) is 0.500. The van der Waals surface area contributed by atoms with Crippen LogP contribution in [0, 0.1) is 17.2 Å². The highest BCUT2D eigenvalue weighted by atomic mass is 32.1. The van der Waals surface area contributed by atoms with E-state index in [1.54, 1.807) is 24.5 Å². The van der Waals surface area contributed by atoms with Gasteiger partial charge >= 0.3 is 0 Å². The third kappa shape index (κ3) is 3.33. The Morgan fingerprint density at radius 3 is 3.00 bits per heavy atom. The van der Waals surface area contributed by atoms with Gasteiger partial charge in [0.1, 0.15) is 5.92 Å². The summed E-state index contributed by atoms with van der Waals surface area (Å²) in [5.74, 6) is -0.616. The second-order valence-electron chi connectivity index (χ2n) is 3.37. The first-order chi connectivity index (χ1) is 7.15. The van der Waals surface area contributed by atoms with E-state index in [-0.39, 0.29) is 11.8 Å². The van der Waals surface area contributed by atoms with E-state index in [1.807, 2.05) is 18.4 Å². The molecule has 0 aliphatic carbocycles. The number of hydrogen-bond acceptors (Lipinski definition) is 4. The first-order valence-corrected chi connectivity index (χ1v) is 5.59. The molecule has 2 atom stereocenters. The molecule has 0 fully saturated rings. The number of thiazole rings is 1. The third-order valence-electron chi connectivity index (χ3n) is 2.04. The van der Waals surface area contributed by atoms with Crippen LogP contribution in [0.15, 0.2) is 11.6 Å². The first-order valence-electron chi connectivity index (χ1n) is 4.72. The monoisotopic (exact) mass is 223 g/mol. The fourth-order valence-electron chi connectivity index (χ4n) is 1.03. The van der Waals surface area contributed by atoms with E-state index >= 15 is 0 Å². The normalized spacial score (nSPS) is 13.9. The zero-order valence-electron chi connectivity index (χ0n) is 8.73. The van der Waals surface area contributed by atoms with Gasteiger partial charge < -0.3 is 5.32 Å². The molecule has 0 spiro atoms. The molecule has 1 rings (SSSR count). The van der Waals surface area contributed by atoms with Gasteiger partial charge in [0.05, 0.1) is 11.1 Å². The molecule has 1 heterocycles. The molecule has 1 aromatic rings. The predicted molar refractivity (Wildman–Crippen MR) is 58.3 cm³/mol. The second kappa shape index (κ2) is 5.47. The molecule has 0 aliphatic rings. The van der Waals surface area contributed by atoms with E-state index in [2.05, 4.69) is 10.3 Å². The zero-order valence-corrected chi connectivity index (χ0v) is 9.54. The van der Waals surface area contributed by atoms with Gasteiger partial charge in [-0.25, -0.2) is 4.98 Å². The van der Waals surface area contributed by atoms with Crippen molar-refractivity contribution in [3.05, 3.63) is 16.6 Å². The summed E-state index contributed by atoms with van der Waals surface area (Å²) in [5, 5.41) is 14.2. The van der Waals surface area contributed by atoms with E-state index in [0.29, 0.717) is 6.54 Å². The summed E-state index contributed by atoms with van der Waals surface area (Å²) in [6.45, 7) is 4.11. The van der Waals surface area contributed by atoms with Gasteiger partial charge in [0.15, 0.2) is 0 Å². The Balaban J connectivity index is 2.38. The van der Waals surface area contributed by atoms with Crippen molar-refractivity contribution in [2.45, 2.75) is 19.8 Å². The summed E-state index contributed by atoms with van der Waals surface area (Å²) in [6.07, 6.45) is 1.75. The minimum absolute atomic E-state index is 0.194. The van der Waals surface area contributed by atoms with Gasteiger partial charge in [-0.3, -0.25) is 4.79 Å². The van der Waals surface area contributed by atoms with E-state index in [4.69, 9.17) is 5.26 Å². The summed E-state index contributed by atoms with van der Waals surface area (Å²) >= 11 is 1.57. The van der Waals surface area contributed by atoms with Gasteiger partial charge in [-0.15, -0.1) is 11.3 Å². The molecule has 0 aromatic carbocycles. The second-order valence-corrected chi connectivity index (χ2v) is 4.29. The van der Waals surface area contributed by atoms with E-state index in [1.165, 1.54) is 0 Å². The highest BCUT2D eigenvalue weighted by Crippen LogP contribution is 2.16. The number of nitrogens with one attached hydrogen (secondary N) is 1. The number of aromatic nitrogens is 1. The minimum Gasteiger partial charge on any atom is -0.354 e. The molecular formula is C10H13N3OS. The molecule has 0 aliphatic heterocycles. The summed E-state index contributed by atoms with van der Waals surface area (Å²) in [7, 11) is 0. The van der Waals surface area contributed by atoms with Crippen LogP contribution in [0.2, 0.25) is 0 Å². The first kappa shape index (κ1) is 11.7. The smallest absolute Gasteiger partial charge is 0.237 e. The van der Waals surface area contributed by atoms with Crippen molar-refractivity contribution in [2.24, 2.45) is 5.92 Å². The molecular weight excluding hydrogens is 210 g/mol. The fourth-order valence-corrected chi connectivity index (χ4v) is 1.73. The minimum atomic E-state index is -0.589. The molecule has 5 heteroatoms. The van der Waals surface area contributed by atoms with Crippen molar-refractivity contribution in [1.29, 1.82) is 5.26 Å². The molecule has 1 amide bonds. The van der Waals surface area contributed by atoms with Crippen LogP contribution >= 0.6 is 11.3 Å². The van der Waals surface area contributed by atoms with E-state index < -0.39 is 5.92 Å². The lowest BCUT2D eigenvalue weighted by molar-refractivity contribution is -0.123. The lowest BCUT2D eigenvalue weighted by Crippen LogP contribution is -2.31. The molecule has 2 unspecified atom stereocenters. The van der Waals surface area contributed by atoms with Crippen LogP contribution in [-0.2, 0) is 4.79 Å². The standard InChI is InChI=1S/C10H13N3OS/c1-7(5-11)9(14)13-6-8(2)10-12-3-4-15-10/h3-4,7-8H,6H2,1-2H3,(H,13,14). The number of amides is 1. The summed E-state index contributed by atoms with van der Waals surface area (Å²) < 4.78 is 0. The summed E-state index contributed by atoms with van der Waals surface area (Å²) in [6, 6.07) is 1.90. The van der Waals surface area contributed by atoms with Gasteiger partial charge in [0.25, 0.3) is 0 Å². The molecule has 0 saturated carbocycles. The molecule has 4 nitrogen and oxygen atoms in total. The number of nitriles is 1. The number of hydrogen-bond donors (Lipinski definition) is 1. The van der Waals surface area contributed by atoms with Crippen molar-refractivity contribution in [3.63, 3.8) is 0 Å². The van der Waals surface area contributed by atoms with Crippen molar-refractivity contribution in [2.75, 3.05) is 6.54 Å². The molecule has 1 aromatic heterocycles. The zero-order chi connectivity index (χ0) is 11.3. The van der Waals surface area contributed by atoms with Crippen LogP contribution in [0.4, 0.5) is 0 Å². The number of rotatable bonds is 4. The quantitative estimate of drug-likeness (QED) is 0.841. The molecule has 0 saturated heterocycles. The summed E-state index contributed by atoms with van der Waals surface area (Å²) in [5.41, 5.74) is 0. The number of nitrogens with zero attached hydrogens (tertiary/aromatic N) is 2. The van der Waals surface area contributed by atoms with Crippen LogP contribution in [0.1, 0.15) is 24.8 Å². The average molecular weight is 223 g/mol. The van der Waals surface area contributed by atoms with Gasteiger partial charge in [-0.05, 0) is 6.92 Å². The Kier molecular flexibility index (Phi) is 4.25. The van der Waals surface area contributed by atoms with Crippen LogP contribution in [-0.4, -0.2) is 17.4 Å². The van der Waals surface area contributed by atoms with Crippen molar-refractivity contribution in [1.82, 2.24) is 10.3 Å². The Bertz CT molecular complexity index is 355. The van der Waals surface area contributed by atoms with Crippen LogP contribution in [0.5, 0.6) is 0 Å². The molecule has 15 heavy (non-hydrogen) atoms. The van der Waals surface area contributed by atoms with Crippen molar-refractivity contribution < 1.29 is 4.79 Å². The lowest BCUT2D eigenvalue weighted by atomic mass is 10.1.